The average molecular weight is 565 g/mol. The predicted octanol–water partition coefficient (Wildman–Crippen LogP) is 4.18. The number of hydrogen-bond donors (Lipinski definition) is 1. The van der Waals surface area contributed by atoms with Gasteiger partial charge < -0.3 is 19.0 Å². The molecule has 0 radical (unpaired) electrons. The van der Waals surface area contributed by atoms with E-state index in [-0.39, 0.29) is 5.56 Å². The number of aromatic nitrogens is 7. The predicted molar refractivity (Wildman–Crippen MR) is 154 cm³/mol. The van der Waals surface area contributed by atoms with Crippen molar-refractivity contribution in [3.63, 3.8) is 0 Å². The van der Waals surface area contributed by atoms with Crippen LogP contribution in [-0.2, 0) is 4.79 Å². The standard InChI is InChI=1S/C30H28N8O4/c1-17(2)28-34-35-29(42-28)23(19-8-6-5-7-9-19)20-10-12-37(13-11-20)30(40)26(39)21-14-31-25-24(21)22(41-4)15-32-27(25)38-16-33-18(3)36-38/h5-9,14-16,31H,1,10-13H2,2-4H3. The molecule has 5 aromatic rings. The van der Waals surface area contributed by atoms with Crippen LogP contribution in [0.1, 0.15) is 53.3 Å². The number of hydrogen-bond acceptors (Lipinski definition) is 9. The quantitative estimate of drug-likeness (QED) is 0.227. The number of Topliss-reactive ketones (excluding diaryl/α,β-unsaturated/α-hetero) is 1. The molecule has 0 atom stereocenters. The van der Waals surface area contributed by atoms with Crippen LogP contribution in [0.3, 0.4) is 0 Å². The van der Waals surface area contributed by atoms with Gasteiger partial charge in [0, 0.05) is 30.4 Å². The number of ether oxygens (including phenoxy) is 1. The summed E-state index contributed by atoms with van der Waals surface area (Å²) < 4.78 is 12.9. The number of benzene rings is 1. The molecule has 0 spiro atoms. The molecule has 5 heterocycles. The Balaban J connectivity index is 1.28. The van der Waals surface area contributed by atoms with Gasteiger partial charge in [-0.2, -0.15) is 5.10 Å². The highest BCUT2D eigenvalue weighted by Crippen LogP contribution is 2.34. The molecule has 0 aliphatic carbocycles. The second-order valence-corrected chi connectivity index (χ2v) is 10.00. The third kappa shape index (κ3) is 4.76. The molecule has 6 rings (SSSR count). The molecule has 0 bridgehead atoms. The lowest BCUT2D eigenvalue weighted by Crippen LogP contribution is -2.40. The van der Waals surface area contributed by atoms with E-state index in [9.17, 15) is 9.59 Å². The lowest BCUT2D eigenvalue weighted by atomic mass is 9.92. The second kappa shape index (κ2) is 10.9. The lowest BCUT2D eigenvalue weighted by molar-refractivity contribution is -0.126. The number of fused-ring (bicyclic) bond motifs is 1. The van der Waals surface area contributed by atoms with Crippen LogP contribution in [0.5, 0.6) is 5.75 Å². The fourth-order valence-corrected chi connectivity index (χ4v) is 5.13. The number of piperidine rings is 1. The van der Waals surface area contributed by atoms with Gasteiger partial charge in [-0.1, -0.05) is 42.5 Å². The smallest absolute Gasteiger partial charge is 0.295 e. The van der Waals surface area contributed by atoms with E-state index in [1.807, 2.05) is 37.3 Å². The van der Waals surface area contributed by atoms with Crippen LogP contribution in [-0.4, -0.2) is 71.7 Å². The summed E-state index contributed by atoms with van der Waals surface area (Å²) >= 11 is 0. The van der Waals surface area contributed by atoms with Crippen LogP contribution >= 0.6 is 0 Å². The molecular formula is C30H28N8O4. The fraction of sp³-hybridized carbons (Fsp3) is 0.233. The average Bonchev–Trinajstić information content (AvgIpc) is 3.77. The van der Waals surface area contributed by atoms with Crippen molar-refractivity contribution in [2.75, 3.05) is 20.2 Å². The summed E-state index contributed by atoms with van der Waals surface area (Å²) in [5.41, 5.74) is 4.26. The van der Waals surface area contributed by atoms with Crippen LogP contribution in [0, 0.1) is 6.92 Å². The highest BCUT2D eigenvalue weighted by molar-refractivity contribution is 6.45. The number of nitrogens with zero attached hydrogens (tertiary/aromatic N) is 7. The van der Waals surface area contributed by atoms with Crippen LogP contribution < -0.4 is 4.74 Å². The Kier molecular flexibility index (Phi) is 6.95. The van der Waals surface area contributed by atoms with Crippen molar-refractivity contribution < 1.29 is 18.7 Å². The van der Waals surface area contributed by atoms with E-state index < -0.39 is 11.7 Å². The van der Waals surface area contributed by atoms with Gasteiger partial charge in [0.1, 0.15) is 17.9 Å². The van der Waals surface area contributed by atoms with Gasteiger partial charge in [0.2, 0.25) is 11.8 Å². The molecule has 1 aliphatic rings. The third-order valence-corrected chi connectivity index (χ3v) is 7.21. The van der Waals surface area contributed by atoms with Crippen LogP contribution in [0.4, 0.5) is 0 Å². The molecule has 1 N–H and O–H groups in total. The number of methoxy groups -OCH3 is 1. The largest absolute Gasteiger partial charge is 0.494 e. The van der Waals surface area contributed by atoms with E-state index in [4.69, 9.17) is 9.15 Å². The zero-order valence-electron chi connectivity index (χ0n) is 23.4. The maximum atomic E-state index is 13.6. The molecule has 4 aromatic heterocycles. The molecule has 1 fully saturated rings. The first-order valence-electron chi connectivity index (χ1n) is 13.4. The molecule has 212 valence electrons. The molecule has 1 aliphatic heterocycles. The number of carbonyl (C=O) groups excluding carboxylic acids is 2. The third-order valence-electron chi connectivity index (χ3n) is 7.21. The number of rotatable bonds is 7. The van der Waals surface area contributed by atoms with Crippen molar-refractivity contribution in [1.82, 2.24) is 39.8 Å². The first-order chi connectivity index (χ1) is 20.4. The highest BCUT2D eigenvalue weighted by atomic mass is 16.5. The van der Waals surface area contributed by atoms with E-state index in [1.165, 1.54) is 30.5 Å². The van der Waals surface area contributed by atoms with Crippen molar-refractivity contribution in [2.45, 2.75) is 26.7 Å². The topological polar surface area (TPSA) is 145 Å². The van der Waals surface area contributed by atoms with Gasteiger partial charge in [0.15, 0.2) is 5.82 Å². The number of ketones is 1. The number of pyridine rings is 1. The first-order valence-corrected chi connectivity index (χ1v) is 13.4. The molecule has 0 saturated carbocycles. The Morgan fingerprint density at radius 1 is 1.07 bits per heavy atom. The number of likely N-dealkylation sites (tertiary alicyclic amines) is 1. The van der Waals surface area contributed by atoms with E-state index in [0.717, 1.165) is 16.7 Å². The molecule has 1 saturated heterocycles. The van der Waals surface area contributed by atoms with Gasteiger partial charge in [0.25, 0.3) is 11.7 Å². The highest BCUT2D eigenvalue weighted by Gasteiger charge is 2.31. The van der Waals surface area contributed by atoms with Crippen molar-refractivity contribution in [3.8, 4) is 11.6 Å². The maximum absolute atomic E-state index is 13.6. The van der Waals surface area contributed by atoms with Gasteiger partial charge in [-0.15, -0.1) is 10.2 Å². The summed E-state index contributed by atoms with van der Waals surface area (Å²) in [5, 5.41) is 13.2. The summed E-state index contributed by atoms with van der Waals surface area (Å²) in [6.07, 6.45) is 5.65. The Morgan fingerprint density at radius 3 is 2.45 bits per heavy atom. The van der Waals surface area contributed by atoms with Crippen LogP contribution in [0.25, 0.3) is 27.9 Å². The van der Waals surface area contributed by atoms with Crippen molar-refractivity contribution >= 4 is 33.7 Å². The van der Waals surface area contributed by atoms with E-state index >= 15 is 0 Å². The Hall–Kier alpha value is -5.39. The number of aromatic amines is 1. The van der Waals surface area contributed by atoms with Crippen molar-refractivity contribution in [1.29, 1.82) is 0 Å². The number of nitrogens with one attached hydrogen (secondary N) is 1. The normalized spacial score (nSPS) is 13.4. The Labute approximate surface area is 240 Å². The van der Waals surface area contributed by atoms with E-state index in [2.05, 4.69) is 36.8 Å². The zero-order chi connectivity index (χ0) is 29.4. The number of allylic oxidation sites excluding steroid dienone is 1. The first kappa shape index (κ1) is 26.8. The monoisotopic (exact) mass is 564 g/mol. The summed E-state index contributed by atoms with van der Waals surface area (Å²) in [6, 6.07) is 9.81. The van der Waals surface area contributed by atoms with Gasteiger partial charge in [0.05, 0.1) is 29.8 Å². The number of H-pyrrole nitrogens is 1. The van der Waals surface area contributed by atoms with Gasteiger partial charge >= 0.3 is 0 Å². The fourth-order valence-electron chi connectivity index (χ4n) is 5.13. The molecule has 1 amide bonds. The summed E-state index contributed by atoms with van der Waals surface area (Å²) in [7, 11) is 1.49. The van der Waals surface area contributed by atoms with Gasteiger partial charge in [-0.25, -0.2) is 14.6 Å². The molecule has 1 aromatic carbocycles. The van der Waals surface area contributed by atoms with Gasteiger partial charge in [-0.3, -0.25) is 9.59 Å². The minimum Gasteiger partial charge on any atom is -0.494 e. The molecule has 42 heavy (non-hydrogen) atoms. The lowest BCUT2D eigenvalue weighted by Gasteiger charge is -2.29. The Morgan fingerprint density at radius 2 is 1.81 bits per heavy atom. The molecule has 12 nitrogen and oxygen atoms in total. The zero-order valence-corrected chi connectivity index (χ0v) is 23.4. The van der Waals surface area contributed by atoms with Gasteiger partial charge in [-0.05, 0) is 32.3 Å². The number of carbonyl (C=O) groups is 2. The molecule has 0 unspecified atom stereocenters. The minimum atomic E-state index is -0.634. The summed E-state index contributed by atoms with van der Waals surface area (Å²) in [6.45, 7) is 8.20. The maximum Gasteiger partial charge on any atom is 0.295 e. The number of amides is 1. The Bertz CT molecular complexity index is 1850. The molecular weight excluding hydrogens is 536 g/mol. The van der Waals surface area contributed by atoms with Crippen molar-refractivity contribution in [3.05, 3.63) is 89.9 Å². The minimum absolute atomic E-state index is 0.205. The van der Waals surface area contributed by atoms with E-state index in [1.54, 1.807) is 11.8 Å². The van der Waals surface area contributed by atoms with Crippen molar-refractivity contribution in [2.24, 2.45) is 0 Å². The van der Waals surface area contributed by atoms with Crippen LogP contribution in [0.2, 0.25) is 0 Å². The second-order valence-electron chi connectivity index (χ2n) is 10.00. The summed E-state index contributed by atoms with van der Waals surface area (Å²) in [5.74, 6) is 0.943. The summed E-state index contributed by atoms with van der Waals surface area (Å²) in [4.78, 5) is 40.3. The molecule has 12 heteroatoms. The SMILES string of the molecule is C=C(C)c1nnc(C(=C2CCN(C(=O)C(=O)c3c[nH]c4c(-n5cnc(C)n5)ncc(OC)c34)CC2)c2ccccc2)o1. The van der Waals surface area contributed by atoms with E-state index in [0.29, 0.717) is 71.6 Å². The van der Waals surface area contributed by atoms with Crippen LogP contribution in [0.15, 0.2) is 65.6 Å². The number of aryl methyl sites for hydroxylation is 1.